The van der Waals surface area contributed by atoms with Gasteiger partial charge in [-0.25, -0.2) is 9.97 Å². The molecule has 4 nitrogen and oxygen atoms in total. The normalized spacial score (nSPS) is 9.88. The zero-order valence-electron chi connectivity index (χ0n) is 8.55. The summed E-state index contributed by atoms with van der Waals surface area (Å²) in [5.41, 5.74) is 0. The van der Waals surface area contributed by atoms with Crippen molar-refractivity contribution in [3.63, 3.8) is 0 Å². The molecule has 16 heavy (non-hydrogen) atoms. The highest BCUT2D eigenvalue weighted by molar-refractivity contribution is 14.1. The van der Waals surface area contributed by atoms with Crippen LogP contribution in [0.15, 0.2) is 36.7 Å². The highest BCUT2D eigenvalue weighted by Crippen LogP contribution is 2.20. The minimum absolute atomic E-state index is 0.339. The molecule has 0 bridgehead atoms. The first-order valence-electron chi connectivity index (χ1n) is 4.57. The van der Waals surface area contributed by atoms with Gasteiger partial charge < -0.3 is 9.47 Å². The van der Waals surface area contributed by atoms with Crippen LogP contribution in [0.1, 0.15) is 0 Å². The Morgan fingerprint density at radius 2 is 1.56 bits per heavy atom. The zero-order chi connectivity index (χ0) is 11.4. The van der Waals surface area contributed by atoms with Gasteiger partial charge >= 0.3 is 6.01 Å². The van der Waals surface area contributed by atoms with Crippen LogP contribution in [0.2, 0.25) is 0 Å². The van der Waals surface area contributed by atoms with Crippen LogP contribution in [-0.2, 0) is 0 Å². The molecule has 0 aliphatic heterocycles. The fourth-order valence-corrected chi connectivity index (χ4v) is 1.38. The van der Waals surface area contributed by atoms with Gasteiger partial charge in [-0.15, -0.1) is 0 Å². The van der Waals surface area contributed by atoms with E-state index >= 15 is 0 Å². The zero-order valence-corrected chi connectivity index (χ0v) is 10.7. The molecular formula is C11H9IN2O2. The quantitative estimate of drug-likeness (QED) is 0.813. The second kappa shape index (κ2) is 5.11. The Balaban J connectivity index is 2.11. The summed E-state index contributed by atoms with van der Waals surface area (Å²) in [6.07, 6.45) is 3.40. The van der Waals surface area contributed by atoms with Gasteiger partial charge in [0.25, 0.3) is 0 Å². The lowest BCUT2D eigenvalue weighted by atomic mass is 10.3. The average Bonchev–Trinajstić information content (AvgIpc) is 2.33. The van der Waals surface area contributed by atoms with E-state index in [0.29, 0.717) is 11.8 Å². The number of ether oxygens (including phenoxy) is 2. The van der Waals surface area contributed by atoms with Gasteiger partial charge in [0.15, 0.2) is 0 Å². The molecule has 0 saturated heterocycles. The molecular weight excluding hydrogens is 319 g/mol. The Kier molecular flexibility index (Phi) is 3.55. The summed E-state index contributed by atoms with van der Waals surface area (Å²) in [6, 6.07) is 7.59. The highest BCUT2D eigenvalue weighted by atomic mass is 127. The maximum atomic E-state index is 5.45. The van der Waals surface area contributed by atoms with Crippen LogP contribution >= 0.6 is 22.6 Å². The molecule has 2 rings (SSSR count). The molecule has 0 aliphatic rings. The third kappa shape index (κ3) is 2.82. The molecule has 0 amide bonds. The largest absolute Gasteiger partial charge is 0.497 e. The molecule has 1 aromatic carbocycles. The van der Waals surface area contributed by atoms with Gasteiger partial charge in [0.1, 0.15) is 11.5 Å². The average molecular weight is 328 g/mol. The van der Waals surface area contributed by atoms with Gasteiger partial charge in [-0.1, -0.05) is 0 Å². The topological polar surface area (TPSA) is 44.2 Å². The molecule has 0 atom stereocenters. The van der Waals surface area contributed by atoms with Gasteiger partial charge in [-0.2, -0.15) is 0 Å². The minimum atomic E-state index is 0.339. The fourth-order valence-electron chi connectivity index (χ4n) is 1.10. The summed E-state index contributed by atoms with van der Waals surface area (Å²) in [5, 5.41) is 0. The predicted octanol–water partition coefficient (Wildman–Crippen LogP) is 2.88. The molecule has 0 radical (unpaired) electrons. The fraction of sp³-hybridized carbons (Fsp3) is 0.0909. The number of aromatic nitrogens is 2. The van der Waals surface area contributed by atoms with Crippen molar-refractivity contribution in [3.05, 3.63) is 40.2 Å². The first-order valence-corrected chi connectivity index (χ1v) is 5.65. The van der Waals surface area contributed by atoms with E-state index in [4.69, 9.17) is 9.47 Å². The number of benzene rings is 1. The van der Waals surface area contributed by atoms with Gasteiger partial charge in [-0.3, -0.25) is 0 Å². The van der Waals surface area contributed by atoms with E-state index < -0.39 is 0 Å². The van der Waals surface area contributed by atoms with Gasteiger partial charge in [0, 0.05) is 16.0 Å². The molecule has 0 spiro atoms. The molecule has 2 aromatic rings. The molecule has 1 aromatic heterocycles. The van der Waals surface area contributed by atoms with Crippen molar-refractivity contribution in [2.75, 3.05) is 7.11 Å². The summed E-state index contributed by atoms with van der Waals surface area (Å²) in [5.74, 6) is 1.47. The van der Waals surface area contributed by atoms with Crippen molar-refractivity contribution in [2.24, 2.45) is 0 Å². The first kappa shape index (κ1) is 11.1. The lowest BCUT2D eigenvalue weighted by Gasteiger charge is -2.04. The van der Waals surface area contributed by atoms with Gasteiger partial charge in [-0.05, 0) is 46.9 Å². The maximum absolute atomic E-state index is 5.45. The van der Waals surface area contributed by atoms with Crippen molar-refractivity contribution in [1.82, 2.24) is 9.97 Å². The monoisotopic (exact) mass is 328 g/mol. The highest BCUT2D eigenvalue weighted by Gasteiger charge is 2.00. The SMILES string of the molecule is COc1ccc(Oc2ncc(I)cn2)cc1. The third-order valence-corrected chi connectivity index (χ3v) is 2.42. The van der Waals surface area contributed by atoms with Crippen molar-refractivity contribution < 1.29 is 9.47 Å². The Bertz CT molecular complexity index is 456. The minimum Gasteiger partial charge on any atom is -0.497 e. The summed E-state index contributed by atoms with van der Waals surface area (Å²) in [6.45, 7) is 0. The number of rotatable bonds is 3. The van der Waals surface area contributed by atoms with E-state index in [1.54, 1.807) is 31.6 Å². The van der Waals surface area contributed by atoms with E-state index in [2.05, 4.69) is 32.6 Å². The lowest BCUT2D eigenvalue weighted by Crippen LogP contribution is -1.91. The molecule has 1 heterocycles. The van der Waals surface area contributed by atoms with Crippen molar-refractivity contribution in [3.8, 4) is 17.5 Å². The van der Waals surface area contributed by atoms with Crippen LogP contribution in [0.5, 0.6) is 17.5 Å². The lowest BCUT2D eigenvalue weighted by molar-refractivity contribution is 0.410. The number of hydrogen-bond donors (Lipinski definition) is 0. The second-order valence-corrected chi connectivity index (χ2v) is 4.21. The van der Waals surface area contributed by atoms with Crippen LogP contribution in [0, 0.1) is 3.57 Å². The van der Waals surface area contributed by atoms with Crippen LogP contribution in [0.25, 0.3) is 0 Å². The Hall–Kier alpha value is -1.37. The van der Waals surface area contributed by atoms with Crippen LogP contribution in [0.4, 0.5) is 0 Å². The number of nitrogens with zero attached hydrogens (tertiary/aromatic N) is 2. The smallest absolute Gasteiger partial charge is 0.321 e. The molecule has 0 N–H and O–H groups in total. The number of halogens is 1. The van der Waals surface area contributed by atoms with E-state index in [1.807, 2.05) is 12.1 Å². The predicted molar refractivity (Wildman–Crippen MR) is 67.8 cm³/mol. The Morgan fingerprint density at radius 1 is 1.00 bits per heavy atom. The van der Waals surface area contributed by atoms with Crippen LogP contribution < -0.4 is 9.47 Å². The van der Waals surface area contributed by atoms with E-state index in [-0.39, 0.29) is 0 Å². The molecule has 0 fully saturated rings. The molecule has 0 aliphatic carbocycles. The van der Waals surface area contributed by atoms with Crippen molar-refractivity contribution in [1.29, 1.82) is 0 Å². The first-order chi connectivity index (χ1) is 7.78. The van der Waals surface area contributed by atoms with Gasteiger partial charge in [0.05, 0.1) is 7.11 Å². The standard InChI is InChI=1S/C11H9IN2O2/c1-15-9-2-4-10(5-3-9)16-11-13-6-8(12)7-14-11/h2-7H,1H3. The third-order valence-electron chi connectivity index (χ3n) is 1.87. The van der Waals surface area contributed by atoms with E-state index in [0.717, 1.165) is 9.32 Å². The maximum Gasteiger partial charge on any atom is 0.321 e. The van der Waals surface area contributed by atoms with Crippen LogP contribution in [0.3, 0.4) is 0 Å². The van der Waals surface area contributed by atoms with Crippen molar-refractivity contribution in [2.45, 2.75) is 0 Å². The number of methoxy groups -OCH3 is 1. The molecule has 82 valence electrons. The molecule has 0 unspecified atom stereocenters. The van der Waals surface area contributed by atoms with Gasteiger partial charge in [0.2, 0.25) is 0 Å². The van der Waals surface area contributed by atoms with E-state index in [9.17, 15) is 0 Å². The number of hydrogen-bond acceptors (Lipinski definition) is 4. The summed E-state index contributed by atoms with van der Waals surface area (Å²) < 4.78 is 11.5. The summed E-state index contributed by atoms with van der Waals surface area (Å²) in [7, 11) is 1.62. The van der Waals surface area contributed by atoms with E-state index in [1.165, 1.54) is 0 Å². The molecule has 0 saturated carbocycles. The van der Waals surface area contributed by atoms with Crippen LogP contribution in [-0.4, -0.2) is 17.1 Å². The summed E-state index contributed by atoms with van der Waals surface area (Å²) >= 11 is 2.14. The Morgan fingerprint density at radius 3 is 2.12 bits per heavy atom. The van der Waals surface area contributed by atoms with Crippen molar-refractivity contribution >= 4 is 22.6 Å². The second-order valence-electron chi connectivity index (χ2n) is 2.96. The molecule has 5 heteroatoms. The summed E-state index contributed by atoms with van der Waals surface area (Å²) in [4.78, 5) is 8.09. The Labute approximate surface area is 107 Å².